The molecule has 2 fully saturated rings. The van der Waals surface area contributed by atoms with E-state index in [9.17, 15) is 14.6 Å². The van der Waals surface area contributed by atoms with Crippen LogP contribution in [0.5, 0.6) is 5.75 Å². The summed E-state index contributed by atoms with van der Waals surface area (Å²) in [6.45, 7) is 5.79. The van der Waals surface area contributed by atoms with Crippen LogP contribution in [0.1, 0.15) is 63.8 Å². The lowest BCUT2D eigenvalue weighted by Crippen LogP contribution is -2.45. The highest BCUT2D eigenvalue weighted by Gasteiger charge is 2.42. The number of phenols is 1. The minimum Gasteiger partial charge on any atom is -0.508 e. The molecule has 8 heteroatoms. The van der Waals surface area contributed by atoms with E-state index in [1.807, 2.05) is 20.8 Å². The van der Waals surface area contributed by atoms with Crippen LogP contribution in [0.4, 0.5) is 14.6 Å². The van der Waals surface area contributed by atoms with Gasteiger partial charge >= 0.3 is 0 Å². The summed E-state index contributed by atoms with van der Waals surface area (Å²) in [6.07, 6.45) is 4.90. The minimum absolute atomic E-state index is 0.0186. The third-order valence-electron chi connectivity index (χ3n) is 7.91. The summed E-state index contributed by atoms with van der Waals surface area (Å²) in [6, 6.07) is 6.22. The molecule has 0 amide bonds. The Hall–Kier alpha value is -3.39. The topological polar surface area (TPSA) is 82.4 Å². The van der Waals surface area contributed by atoms with Crippen molar-refractivity contribution in [3.63, 3.8) is 0 Å². The fourth-order valence-electron chi connectivity index (χ4n) is 6.23. The summed E-state index contributed by atoms with van der Waals surface area (Å²) in [5.41, 5.74) is 0.960. The summed E-state index contributed by atoms with van der Waals surface area (Å²) in [5.74, 6) is 0.113. The standard InChI is InChI=1S/C29H30F2N4O2/c1-4-20-23(30)8-5-15-9-18(36)12-21(24(15)20)26-25(31)27-22(13-32-26)29(34-28(33-27)14(2)3)35-16-6-7-17(35)11-19(37)10-16/h5,8-9,12-14,16-17,19,36-37H,4,6-7,10-11H2,1-3H3/t16-,17+,19?. The first-order chi connectivity index (χ1) is 17.8. The summed E-state index contributed by atoms with van der Waals surface area (Å²) in [5, 5.41) is 22.4. The number of pyridine rings is 1. The lowest BCUT2D eigenvalue weighted by atomic mass is 9.94. The van der Waals surface area contributed by atoms with E-state index in [0.717, 1.165) is 12.8 Å². The molecule has 37 heavy (non-hydrogen) atoms. The van der Waals surface area contributed by atoms with Gasteiger partial charge in [0.2, 0.25) is 0 Å². The number of aliphatic hydroxyl groups excluding tert-OH is 1. The number of piperidine rings is 1. The lowest BCUT2D eigenvalue weighted by Gasteiger charge is -2.38. The Balaban J connectivity index is 1.61. The third kappa shape index (κ3) is 3.81. The van der Waals surface area contributed by atoms with E-state index in [0.29, 0.717) is 58.2 Å². The first-order valence-electron chi connectivity index (χ1n) is 13.0. The molecular weight excluding hydrogens is 474 g/mol. The zero-order valence-corrected chi connectivity index (χ0v) is 21.2. The van der Waals surface area contributed by atoms with E-state index in [1.165, 1.54) is 12.1 Å². The van der Waals surface area contributed by atoms with Gasteiger partial charge in [0.15, 0.2) is 5.82 Å². The van der Waals surface area contributed by atoms with Crippen molar-refractivity contribution in [2.45, 2.75) is 77.0 Å². The van der Waals surface area contributed by atoms with Gasteiger partial charge in [-0.1, -0.05) is 26.8 Å². The molecule has 2 aliphatic heterocycles. The maximum absolute atomic E-state index is 16.4. The number of anilines is 1. The van der Waals surface area contributed by atoms with E-state index in [2.05, 4.69) is 14.9 Å². The van der Waals surface area contributed by atoms with Crippen molar-refractivity contribution in [1.29, 1.82) is 0 Å². The number of hydrogen-bond donors (Lipinski definition) is 2. The number of phenolic OH excluding ortho intramolecular Hbond substituents is 1. The van der Waals surface area contributed by atoms with Gasteiger partial charge in [-0.3, -0.25) is 4.98 Å². The summed E-state index contributed by atoms with van der Waals surface area (Å²) in [4.78, 5) is 16.3. The van der Waals surface area contributed by atoms with Gasteiger partial charge in [-0.15, -0.1) is 0 Å². The first-order valence-corrected chi connectivity index (χ1v) is 13.0. The SMILES string of the molecule is CCc1c(F)ccc2cc(O)cc(-c3ncc4c(N5[C@@H]6CC[C@H]5CC(O)C6)nc(C(C)C)nc4c3F)c12. The highest BCUT2D eigenvalue weighted by Crippen LogP contribution is 2.43. The Kier molecular flexibility index (Phi) is 5.75. The zero-order valence-electron chi connectivity index (χ0n) is 21.2. The molecule has 6 nitrogen and oxygen atoms in total. The molecule has 0 spiro atoms. The average Bonchev–Trinajstić information content (AvgIpc) is 3.13. The van der Waals surface area contributed by atoms with Gasteiger partial charge in [0.05, 0.1) is 11.5 Å². The fraction of sp³-hybridized carbons (Fsp3) is 0.414. The normalized spacial score (nSPS) is 21.5. The van der Waals surface area contributed by atoms with Gasteiger partial charge in [-0.05, 0) is 66.6 Å². The number of rotatable bonds is 4. The number of halogens is 2. The largest absolute Gasteiger partial charge is 0.508 e. The van der Waals surface area contributed by atoms with Gasteiger partial charge in [-0.2, -0.15) is 0 Å². The average molecular weight is 505 g/mol. The highest BCUT2D eigenvalue weighted by atomic mass is 19.1. The number of aliphatic hydroxyl groups is 1. The molecule has 2 N–H and O–H groups in total. The Morgan fingerprint density at radius 3 is 2.49 bits per heavy atom. The van der Waals surface area contributed by atoms with Crippen molar-refractivity contribution in [2.24, 2.45) is 0 Å². The summed E-state index contributed by atoms with van der Waals surface area (Å²) in [7, 11) is 0. The smallest absolute Gasteiger partial charge is 0.175 e. The van der Waals surface area contributed by atoms with Crippen LogP contribution in [0.2, 0.25) is 0 Å². The predicted molar refractivity (Wildman–Crippen MR) is 140 cm³/mol. The molecule has 2 aromatic carbocycles. The molecule has 4 aromatic rings. The van der Waals surface area contributed by atoms with E-state index < -0.39 is 5.82 Å². The van der Waals surface area contributed by atoms with Crippen molar-refractivity contribution < 1.29 is 19.0 Å². The Morgan fingerprint density at radius 2 is 1.81 bits per heavy atom. The Bertz CT molecular complexity index is 1530. The molecule has 2 bridgehead atoms. The second-order valence-corrected chi connectivity index (χ2v) is 10.6. The van der Waals surface area contributed by atoms with Crippen molar-refractivity contribution >= 4 is 27.5 Å². The molecular formula is C29H30F2N4O2. The second kappa shape index (κ2) is 8.87. The Labute approximate surface area is 214 Å². The van der Waals surface area contributed by atoms with Crippen molar-refractivity contribution in [3.8, 4) is 17.0 Å². The van der Waals surface area contributed by atoms with Crippen LogP contribution < -0.4 is 4.90 Å². The quantitative estimate of drug-likeness (QED) is 0.354. The number of benzene rings is 2. The predicted octanol–water partition coefficient (Wildman–Crippen LogP) is 6.01. The van der Waals surface area contributed by atoms with Gasteiger partial charge < -0.3 is 15.1 Å². The molecule has 0 radical (unpaired) electrons. The van der Waals surface area contributed by atoms with E-state index in [4.69, 9.17) is 4.98 Å². The lowest BCUT2D eigenvalue weighted by molar-refractivity contribution is 0.126. The maximum atomic E-state index is 16.4. The number of aromatic nitrogens is 3. The summed E-state index contributed by atoms with van der Waals surface area (Å²) >= 11 is 0. The van der Waals surface area contributed by atoms with Gasteiger partial charge in [-0.25, -0.2) is 18.7 Å². The third-order valence-corrected chi connectivity index (χ3v) is 7.91. The van der Waals surface area contributed by atoms with Gasteiger partial charge in [0.25, 0.3) is 0 Å². The van der Waals surface area contributed by atoms with Crippen LogP contribution >= 0.6 is 0 Å². The number of hydrogen-bond acceptors (Lipinski definition) is 6. The molecule has 2 aromatic heterocycles. The Morgan fingerprint density at radius 1 is 1.08 bits per heavy atom. The highest BCUT2D eigenvalue weighted by molar-refractivity contribution is 6.01. The molecule has 2 saturated heterocycles. The number of nitrogens with zero attached hydrogens (tertiary/aromatic N) is 4. The van der Waals surface area contributed by atoms with Crippen LogP contribution in [-0.2, 0) is 6.42 Å². The van der Waals surface area contributed by atoms with Crippen LogP contribution in [0.3, 0.4) is 0 Å². The van der Waals surface area contributed by atoms with Crippen LogP contribution in [-0.4, -0.2) is 43.4 Å². The van der Waals surface area contributed by atoms with E-state index >= 15 is 4.39 Å². The monoisotopic (exact) mass is 504 g/mol. The van der Waals surface area contributed by atoms with Crippen molar-refractivity contribution in [3.05, 3.63) is 53.5 Å². The van der Waals surface area contributed by atoms with Crippen molar-refractivity contribution in [2.75, 3.05) is 4.90 Å². The molecule has 4 heterocycles. The molecule has 6 rings (SSSR count). The van der Waals surface area contributed by atoms with Crippen LogP contribution in [0.15, 0.2) is 30.5 Å². The number of aryl methyl sites for hydroxylation is 1. The second-order valence-electron chi connectivity index (χ2n) is 10.6. The number of fused-ring (bicyclic) bond motifs is 4. The number of aromatic hydroxyl groups is 1. The van der Waals surface area contributed by atoms with Gasteiger partial charge in [0, 0.05) is 29.8 Å². The van der Waals surface area contributed by atoms with E-state index in [-0.39, 0.29) is 46.9 Å². The van der Waals surface area contributed by atoms with Crippen molar-refractivity contribution in [1.82, 2.24) is 15.0 Å². The molecule has 0 aliphatic carbocycles. The van der Waals surface area contributed by atoms with E-state index in [1.54, 1.807) is 18.3 Å². The van der Waals surface area contributed by atoms with Crippen LogP contribution in [0, 0.1) is 11.6 Å². The first kappa shape index (κ1) is 24.0. The molecule has 2 aliphatic rings. The fourth-order valence-corrected chi connectivity index (χ4v) is 6.23. The molecule has 0 saturated carbocycles. The molecule has 192 valence electrons. The molecule has 1 unspecified atom stereocenters. The maximum Gasteiger partial charge on any atom is 0.175 e. The molecule has 3 atom stereocenters. The minimum atomic E-state index is -0.620. The van der Waals surface area contributed by atoms with Crippen LogP contribution in [0.25, 0.3) is 32.9 Å². The zero-order chi connectivity index (χ0) is 26.0. The summed E-state index contributed by atoms with van der Waals surface area (Å²) < 4.78 is 31.2. The van der Waals surface area contributed by atoms with Gasteiger partial charge in [0.1, 0.15) is 34.4 Å².